The Hall–Kier alpha value is -2.36. The van der Waals surface area contributed by atoms with E-state index < -0.39 is 17.8 Å². The van der Waals surface area contributed by atoms with Crippen LogP contribution in [-0.4, -0.2) is 50.1 Å². The quantitative estimate of drug-likeness (QED) is 0.543. The molecular formula is C21H23ClN4O5Y-2. The van der Waals surface area contributed by atoms with E-state index in [1.54, 1.807) is 30.3 Å². The zero-order valence-corrected chi connectivity index (χ0v) is 21.6. The minimum atomic E-state index is -0.884. The Kier molecular flexibility index (Phi) is 10.4. The van der Waals surface area contributed by atoms with Crippen LogP contribution in [0, 0.1) is 7.43 Å². The second kappa shape index (κ2) is 12.0. The van der Waals surface area contributed by atoms with E-state index in [-0.39, 0.29) is 64.8 Å². The van der Waals surface area contributed by atoms with Gasteiger partial charge in [-0.2, -0.15) is 0 Å². The predicted octanol–water partition coefficient (Wildman–Crippen LogP) is 3.76. The van der Waals surface area contributed by atoms with Crippen molar-refractivity contribution in [3.05, 3.63) is 60.1 Å². The van der Waals surface area contributed by atoms with Crippen molar-refractivity contribution in [2.45, 2.75) is 6.54 Å². The first-order valence-corrected chi connectivity index (χ1v) is 9.32. The average Bonchev–Trinajstić information content (AvgIpc) is 2.71. The fourth-order valence-corrected chi connectivity index (χ4v) is 3.44. The van der Waals surface area contributed by atoms with Crippen molar-refractivity contribution in [3.63, 3.8) is 0 Å². The standard InChI is InChI=1S/C20H21ClN4O5.CH3.Y/c1-29-16-8-17(30-2)14(7-13(16)21)23-19(27)11-25-15-6-4-3-5-12(15)9-24(20(25)28)10-18(22)26;;/h3-8H,9-11H2,1-2H3,(H3,22,23,26,27);1H3;/q;-1;/p-1. The number of nitrogens with one attached hydrogen (secondary N) is 2. The minimum Gasteiger partial charge on any atom is -0.666 e. The molecule has 0 unspecified atom stereocenters. The first kappa shape index (κ1) is 27.7. The third-order valence-corrected chi connectivity index (χ3v) is 4.82. The second-order valence-corrected chi connectivity index (χ2v) is 6.92. The Labute approximate surface area is 217 Å². The van der Waals surface area contributed by atoms with Crippen LogP contribution < -0.4 is 19.7 Å². The van der Waals surface area contributed by atoms with Gasteiger partial charge < -0.3 is 37.6 Å². The van der Waals surface area contributed by atoms with E-state index in [2.05, 4.69) is 5.32 Å². The summed E-state index contributed by atoms with van der Waals surface area (Å²) in [5.41, 5.74) is 8.85. The summed E-state index contributed by atoms with van der Waals surface area (Å²) in [6.07, 6.45) is 0. The van der Waals surface area contributed by atoms with Crippen molar-refractivity contribution in [2.75, 3.05) is 37.5 Å². The van der Waals surface area contributed by atoms with E-state index in [9.17, 15) is 14.4 Å². The van der Waals surface area contributed by atoms with Gasteiger partial charge in [-0.25, -0.2) is 4.79 Å². The number of methoxy groups -OCH3 is 2. The van der Waals surface area contributed by atoms with Crippen molar-refractivity contribution in [1.29, 1.82) is 0 Å². The molecule has 0 bridgehead atoms. The van der Waals surface area contributed by atoms with E-state index in [1.165, 1.54) is 30.1 Å². The monoisotopic (exact) mass is 535 g/mol. The Balaban J connectivity index is 0.00000256. The molecule has 32 heavy (non-hydrogen) atoms. The number of nitrogens with zero attached hydrogens (tertiary/aromatic N) is 2. The van der Waals surface area contributed by atoms with Crippen LogP contribution in [-0.2, 0) is 48.8 Å². The molecule has 4 amide bonds. The fraction of sp³-hybridized carbons (Fsp3) is 0.238. The third kappa shape index (κ3) is 6.12. The van der Waals surface area contributed by atoms with E-state index in [1.807, 2.05) is 0 Å². The van der Waals surface area contributed by atoms with Gasteiger partial charge in [0.1, 0.15) is 18.0 Å². The summed E-state index contributed by atoms with van der Waals surface area (Å²) in [5.74, 6) is -0.639. The number of benzene rings is 2. The molecule has 1 radical (unpaired) electrons. The number of rotatable bonds is 7. The number of carbonyl (C=O) groups excluding carboxylic acids is 3. The number of fused-ring (bicyclic) bond motifs is 1. The number of amides is 4. The Bertz CT molecular complexity index is 1000. The van der Waals surface area contributed by atoms with Crippen LogP contribution in [0.3, 0.4) is 0 Å². The normalized spacial score (nSPS) is 12.2. The van der Waals surface area contributed by atoms with E-state index >= 15 is 0 Å². The molecule has 0 saturated carbocycles. The average molecular weight is 536 g/mol. The molecule has 0 saturated heterocycles. The molecule has 11 heteroatoms. The van der Waals surface area contributed by atoms with Gasteiger partial charge in [-0.3, -0.25) is 9.69 Å². The number of carbonyl (C=O) groups is 3. The Morgan fingerprint density at radius 1 is 1.12 bits per heavy atom. The molecule has 0 aliphatic carbocycles. The number of hydrogen-bond acceptors (Lipinski definition) is 5. The maximum atomic E-state index is 12.8. The Morgan fingerprint density at radius 3 is 2.41 bits per heavy atom. The van der Waals surface area contributed by atoms with Crippen molar-refractivity contribution in [2.24, 2.45) is 0 Å². The van der Waals surface area contributed by atoms with Crippen LogP contribution in [0.2, 0.25) is 5.02 Å². The van der Waals surface area contributed by atoms with Crippen molar-refractivity contribution in [1.82, 2.24) is 4.90 Å². The molecule has 1 heterocycles. The molecule has 1 aliphatic heterocycles. The molecule has 0 fully saturated rings. The summed E-state index contributed by atoms with van der Waals surface area (Å²) < 4.78 is 10.4. The topological polar surface area (TPSA) is 112 Å². The molecule has 2 N–H and O–H groups in total. The molecule has 0 aromatic heterocycles. The summed E-state index contributed by atoms with van der Waals surface area (Å²) in [6.45, 7) is -0.460. The number of anilines is 2. The molecular weight excluding hydrogens is 513 g/mol. The summed E-state index contributed by atoms with van der Waals surface area (Å²) >= 11 is 6.14. The first-order valence-electron chi connectivity index (χ1n) is 8.94. The van der Waals surface area contributed by atoms with Gasteiger partial charge in [0, 0.05) is 45.3 Å². The molecule has 3 rings (SSSR count). The van der Waals surface area contributed by atoms with Crippen LogP contribution in [0.5, 0.6) is 11.5 Å². The number of halogens is 1. The van der Waals surface area contributed by atoms with Gasteiger partial charge >= 0.3 is 6.03 Å². The summed E-state index contributed by atoms with van der Waals surface area (Å²) in [4.78, 5) is 39.3. The summed E-state index contributed by atoms with van der Waals surface area (Å²) in [7, 11) is 2.91. The van der Waals surface area contributed by atoms with Crippen LogP contribution in [0.15, 0.2) is 36.4 Å². The van der Waals surface area contributed by atoms with Gasteiger partial charge in [0.2, 0.25) is 5.91 Å². The number of urea groups is 1. The van der Waals surface area contributed by atoms with Gasteiger partial charge in [0.15, 0.2) is 0 Å². The summed E-state index contributed by atoms with van der Waals surface area (Å²) in [6, 6.07) is 9.61. The molecule has 0 atom stereocenters. The zero-order chi connectivity index (χ0) is 21.8. The number of ether oxygens (including phenoxy) is 2. The van der Waals surface area contributed by atoms with Gasteiger partial charge in [0.25, 0.3) is 0 Å². The molecule has 2 aromatic carbocycles. The second-order valence-electron chi connectivity index (χ2n) is 6.51. The fourth-order valence-electron chi connectivity index (χ4n) is 3.20. The van der Waals surface area contributed by atoms with Crippen LogP contribution in [0.1, 0.15) is 5.56 Å². The zero-order valence-electron chi connectivity index (χ0n) is 18.0. The van der Waals surface area contributed by atoms with Crippen molar-refractivity contribution < 1.29 is 56.6 Å². The number of hydrogen-bond donors (Lipinski definition) is 1. The van der Waals surface area contributed by atoms with Gasteiger partial charge in [-0.15, -0.1) is 0 Å². The largest absolute Gasteiger partial charge is 0.666 e. The molecule has 1 aliphatic rings. The molecule has 2 aromatic rings. The smallest absolute Gasteiger partial charge is 0.325 e. The van der Waals surface area contributed by atoms with Gasteiger partial charge in [-0.05, 0) is 17.7 Å². The van der Waals surface area contributed by atoms with E-state index in [4.69, 9.17) is 26.8 Å². The number of para-hydroxylation sites is 1. The van der Waals surface area contributed by atoms with Gasteiger partial charge in [0.05, 0.1) is 43.1 Å². The van der Waals surface area contributed by atoms with Crippen LogP contribution >= 0.6 is 11.6 Å². The van der Waals surface area contributed by atoms with Crippen molar-refractivity contribution in [3.8, 4) is 11.5 Å². The maximum Gasteiger partial charge on any atom is 0.325 e. The first-order chi connectivity index (χ1) is 14.3. The molecule has 169 valence electrons. The van der Waals surface area contributed by atoms with Crippen molar-refractivity contribution >= 4 is 40.8 Å². The van der Waals surface area contributed by atoms with E-state index in [0.717, 1.165) is 5.56 Å². The minimum absolute atomic E-state index is 0. The SMILES string of the molecule is COc1cc(OC)c(NC(=O)CN2C(=O)N(CC([NH-])=O)Cc3ccccc32)cc1Cl.[CH3-].[Y]. The van der Waals surface area contributed by atoms with E-state index in [0.29, 0.717) is 22.9 Å². The maximum absolute atomic E-state index is 12.8. The molecule has 0 spiro atoms. The Morgan fingerprint density at radius 2 is 1.78 bits per heavy atom. The van der Waals surface area contributed by atoms with Gasteiger partial charge in [-0.1, -0.05) is 29.8 Å². The summed E-state index contributed by atoms with van der Waals surface area (Å²) in [5, 5.41) is 2.97. The predicted molar refractivity (Wildman–Crippen MR) is 119 cm³/mol. The van der Waals surface area contributed by atoms with Crippen LogP contribution in [0.25, 0.3) is 5.73 Å². The van der Waals surface area contributed by atoms with Crippen LogP contribution in [0.4, 0.5) is 16.2 Å². The third-order valence-electron chi connectivity index (χ3n) is 4.53. The molecule has 9 nitrogen and oxygen atoms in total.